The molecule has 0 aromatic heterocycles. The van der Waals surface area contributed by atoms with Gasteiger partial charge in [-0.15, -0.1) is 0 Å². The standard InChI is InChI=1S/C12H16N2O/c15-12-9-11(7-4-8-13-12)14-10-5-2-1-3-6-10/h1-3,5-6,11,14H,4,7-9H2,(H,13,15). The van der Waals surface area contributed by atoms with Crippen molar-refractivity contribution in [3.63, 3.8) is 0 Å². The van der Waals surface area contributed by atoms with Crippen LogP contribution in [-0.2, 0) is 4.79 Å². The number of para-hydroxylation sites is 1. The van der Waals surface area contributed by atoms with Crippen LogP contribution in [0.15, 0.2) is 30.3 Å². The van der Waals surface area contributed by atoms with E-state index >= 15 is 0 Å². The first-order valence-corrected chi connectivity index (χ1v) is 5.43. The van der Waals surface area contributed by atoms with Gasteiger partial charge in [0.2, 0.25) is 5.91 Å². The molecule has 0 spiro atoms. The highest BCUT2D eigenvalue weighted by molar-refractivity contribution is 5.77. The second-order valence-corrected chi connectivity index (χ2v) is 3.90. The van der Waals surface area contributed by atoms with Crippen molar-refractivity contribution in [3.05, 3.63) is 30.3 Å². The number of carbonyl (C=O) groups is 1. The predicted octanol–water partition coefficient (Wildman–Crippen LogP) is 1.77. The smallest absolute Gasteiger partial charge is 0.222 e. The summed E-state index contributed by atoms with van der Waals surface area (Å²) < 4.78 is 0. The Balaban J connectivity index is 1.96. The molecule has 3 nitrogen and oxygen atoms in total. The van der Waals surface area contributed by atoms with Gasteiger partial charge in [0.25, 0.3) is 0 Å². The molecular weight excluding hydrogens is 188 g/mol. The van der Waals surface area contributed by atoms with Gasteiger partial charge in [-0.3, -0.25) is 4.79 Å². The molecule has 1 unspecified atom stereocenters. The molecule has 1 aromatic carbocycles. The van der Waals surface area contributed by atoms with E-state index in [2.05, 4.69) is 10.6 Å². The molecule has 3 heteroatoms. The number of benzene rings is 1. The topological polar surface area (TPSA) is 41.1 Å². The van der Waals surface area contributed by atoms with Gasteiger partial charge >= 0.3 is 0 Å². The number of hydrogen-bond acceptors (Lipinski definition) is 2. The largest absolute Gasteiger partial charge is 0.382 e. The number of amides is 1. The van der Waals surface area contributed by atoms with E-state index in [-0.39, 0.29) is 11.9 Å². The van der Waals surface area contributed by atoms with Crippen molar-refractivity contribution in [2.75, 3.05) is 11.9 Å². The molecule has 1 atom stereocenters. The summed E-state index contributed by atoms with van der Waals surface area (Å²) in [7, 11) is 0. The molecule has 1 aliphatic rings. The van der Waals surface area contributed by atoms with Crippen LogP contribution in [0, 0.1) is 0 Å². The highest BCUT2D eigenvalue weighted by atomic mass is 16.1. The van der Waals surface area contributed by atoms with Crippen LogP contribution in [0.2, 0.25) is 0 Å². The lowest BCUT2D eigenvalue weighted by Gasteiger charge is -2.16. The van der Waals surface area contributed by atoms with E-state index in [1.165, 1.54) is 0 Å². The lowest BCUT2D eigenvalue weighted by Crippen LogP contribution is -2.26. The molecule has 80 valence electrons. The molecule has 15 heavy (non-hydrogen) atoms. The normalized spacial score (nSPS) is 21.6. The molecule has 2 N–H and O–H groups in total. The molecule has 1 amide bonds. The molecule has 1 aromatic rings. The number of hydrogen-bond donors (Lipinski definition) is 2. The molecule has 1 aliphatic heterocycles. The number of nitrogens with one attached hydrogen (secondary N) is 2. The van der Waals surface area contributed by atoms with E-state index in [1.54, 1.807) is 0 Å². The molecule has 1 fully saturated rings. The van der Waals surface area contributed by atoms with Crippen molar-refractivity contribution < 1.29 is 4.79 Å². The second-order valence-electron chi connectivity index (χ2n) is 3.90. The average Bonchev–Trinajstić information content (AvgIpc) is 2.44. The summed E-state index contributed by atoms with van der Waals surface area (Å²) in [6, 6.07) is 10.3. The van der Waals surface area contributed by atoms with Gasteiger partial charge in [-0.1, -0.05) is 18.2 Å². The Bertz CT molecular complexity index is 324. The van der Waals surface area contributed by atoms with Crippen molar-refractivity contribution in [2.24, 2.45) is 0 Å². The third kappa shape index (κ3) is 2.98. The summed E-state index contributed by atoms with van der Waals surface area (Å²) in [6.45, 7) is 0.811. The van der Waals surface area contributed by atoms with E-state index in [0.29, 0.717) is 6.42 Å². The van der Waals surface area contributed by atoms with Crippen LogP contribution in [0.5, 0.6) is 0 Å². The zero-order valence-corrected chi connectivity index (χ0v) is 8.70. The number of carbonyl (C=O) groups excluding carboxylic acids is 1. The van der Waals surface area contributed by atoms with Crippen molar-refractivity contribution >= 4 is 11.6 Å². The summed E-state index contributed by atoms with van der Waals surface area (Å²) in [6.07, 6.45) is 2.68. The Morgan fingerprint density at radius 1 is 1.27 bits per heavy atom. The summed E-state index contributed by atoms with van der Waals surface area (Å²) in [5, 5.41) is 6.27. The molecular formula is C12H16N2O. The predicted molar refractivity (Wildman–Crippen MR) is 60.7 cm³/mol. The first kappa shape index (κ1) is 10.0. The van der Waals surface area contributed by atoms with Crippen LogP contribution in [0.25, 0.3) is 0 Å². The molecule has 2 rings (SSSR count). The van der Waals surface area contributed by atoms with Gasteiger partial charge < -0.3 is 10.6 Å². The van der Waals surface area contributed by atoms with Crippen LogP contribution >= 0.6 is 0 Å². The third-order valence-corrected chi connectivity index (χ3v) is 2.63. The Kier molecular flexibility index (Phi) is 3.22. The SMILES string of the molecule is O=C1CC(Nc2ccccc2)CCCN1. The first-order chi connectivity index (χ1) is 7.34. The fourth-order valence-corrected chi connectivity index (χ4v) is 1.87. The second kappa shape index (κ2) is 4.82. The molecule has 0 saturated carbocycles. The van der Waals surface area contributed by atoms with Gasteiger partial charge in [0.05, 0.1) is 0 Å². The minimum absolute atomic E-state index is 0.154. The fraction of sp³-hybridized carbons (Fsp3) is 0.417. The number of anilines is 1. The van der Waals surface area contributed by atoms with Gasteiger partial charge in [0.1, 0.15) is 0 Å². The first-order valence-electron chi connectivity index (χ1n) is 5.43. The third-order valence-electron chi connectivity index (χ3n) is 2.63. The quantitative estimate of drug-likeness (QED) is 0.770. The van der Waals surface area contributed by atoms with Crippen LogP contribution in [-0.4, -0.2) is 18.5 Å². The fourth-order valence-electron chi connectivity index (χ4n) is 1.87. The summed E-state index contributed by atoms with van der Waals surface area (Å²) in [5.74, 6) is 0.154. The van der Waals surface area contributed by atoms with Crippen LogP contribution < -0.4 is 10.6 Å². The average molecular weight is 204 g/mol. The summed E-state index contributed by atoms with van der Waals surface area (Å²) in [4.78, 5) is 11.3. The minimum Gasteiger partial charge on any atom is -0.382 e. The molecule has 0 bridgehead atoms. The zero-order chi connectivity index (χ0) is 10.5. The van der Waals surface area contributed by atoms with Crippen molar-refractivity contribution in [1.82, 2.24) is 5.32 Å². The summed E-state index contributed by atoms with van der Waals surface area (Å²) in [5.41, 5.74) is 1.09. The Labute approximate surface area is 89.9 Å². The van der Waals surface area contributed by atoms with Crippen LogP contribution in [0.1, 0.15) is 19.3 Å². The van der Waals surface area contributed by atoms with E-state index in [4.69, 9.17) is 0 Å². The van der Waals surface area contributed by atoms with Gasteiger partial charge in [-0.25, -0.2) is 0 Å². The Morgan fingerprint density at radius 3 is 2.87 bits per heavy atom. The highest BCUT2D eigenvalue weighted by Crippen LogP contribution is 2.13. The maximum absolute atomic E-state index is 11.3. The Morgan fingerprint density at radius 2 is 2.07 bits per heavy atom. The van der Waals surface area contributed by atoms with Crippen molar-refractivity contribution in [1.29, 1.82) is 0 Å². The van der Waals surface area contributed by atoms with Crippen LogP contribution in [0.3, 0.4) is 0 Å². The van der Waals surface area contributed by atoms with Gasteiger partial charge in [0, 0.05) is 24.7 Å². The van der Waals surface area contributed by atoms with Gasteiger partial charge in [-0.2, -0.15) is 0 Å². The van der Waals surface area contributed by atoms with Gasteiger partial charge in [0.15, 0.2) is 0 Å². The molecule has 0 radical (unpaired) electrons. The van der Waals surface area contributed by atoms with Crippen molar-refractivity contribution in [3.8, 4) is 0 Å². The maximum atomic E-state index is 11.3. The highest BCUT2D eigenvalue weighted by Gasteiger charge is 2.16. The van der Waals surface area contributed by atoms with Crippen molar-refractivity contribution in [2.45, 2.75) is 25.3 Å². The molecule has 1 heterocycles. The van der Waals surface area contributed by atoms with E-state index in [1.807, 2.05) is 30.3 Å². The van der Waals surface area contributed by atoms with E-state index < -0.39 is 0 Å². The lowest BCUT2D eigenvalue weighted by molar-refractivity contribution is -0.120. The van der Waals surface area contributed by atoms with Gasteiger partial charge in [-0.05, 0) is 25.0 Å². The molecule has 1 saturated heterocycles. The molecule has 0 aliphatic carbocycles. The van der Waals surface area contributed by atoms with E-state index in [0.717, 1.165) is 25.1 Å². The zero-order valence-electron chi connectivity index (χ0n) is 8.70. The van der Waals surface area contributed by atoms with E-state index in [9.17, 15) is 4.79 Å². The minimum atomic E-state index is 0.154. The number of rotatable bonds is 2. The van der Waals surface area contributed by atoms with Crippen LogP contribution in [0.4, 0.5) is 5.69 Å². The Hall–Kier alpha value is -1.51. The monoisotopic (exact) mass is 204 g/mol. The maximum Gasteiger partial charge on any atom is 0.222 e. The lowest BCUT2D eigenvalue weighted by atomic mass is 10.1. The summed E-state index contributed by atoms with van der Waals surface area (Å²) >= 11 is 0.